The van der Waals surface area contributed by atoms with Crippen LogP contribution in [0.3, 0.4) is 0 Å². The predicted octanol–water partition coefficient (Wildman–Crippen LogP) is -3.89. The van der Waals surface area contributed by atoms with E-state index in [1.54, 1.807) is 0 Å². The summed E-state index contributed by atoms with van der Waals surface area (Å²) in [4.78, 5) is 0. The average Bonchev–Trinajstić information content (AvgIpc) is 0. The standard InChI is InChI=1S/2Al.ClH.K.H2.3H/h;;1H;;1H;;;/q;+3;;+1;;;;. The third-order valence-corrected chi connectivity index (χ3v) is 0. The van der Waals surface area contributed by atoms with Crippen molar-refractivity contribution in [2.24, 2.45) is 0 Å². The van der Waals surface area contributed by atoms with Crippen LogP contribution in [0.1, 0.15) is 1.43 Å². The van der Waals surface area contributed by atoms with E-state index in [0.717, 1.165) is 0 Å². The fourth-order valence-electron chi connectivity index (χ4n) is 0. The van der Waals surface area contributed by atoms with Crippen molar-refractivity contribution in [1.29, 1.82) is 0 Å². The molecule has 0 aromatic heterocycles. The van der Waals surface area contributed by atoms with E-state index >= 15 is 0 Å². The van der Waals surface area contributed by atoms with Crippen molar-refractivity contribution in [3.63, 3.8) is 0 Å². The molecule has 0 aliphatic carbocycles. The second kappa shape index (κ2) is 16.7. The SMILES string of the molecule is Cl.[Al+3].[AlH3].[HH].[K+]. The molecule has 0 spiro atoms. The Labute approximate surface area is 97.7 Å². The summed E-state index contributed by atoms with van der Waals surface area (Å²) < 4.78 is 0. The van der Waals surface area contributed by atoms with E-state index in [1.807, 2.05) is 0 Å². The first-order valence-corrected chi connectivity index (χ1v) is 0. The third-order valence-electron chi connectivity index (χ3n) is 0. The summed E-state index contributed by atoms with van der Waals surface area (Å²) in [5.41, 5.74) is 0. The van der Waals surface area contributed by atoms with Crippen molar-refractivity contribution in [1.82, 2.24) is 0 Å². The van der Waals surface area contributed by atoms with Gasteiger partial charge in [0.15, 0.2) is 17.4 Å². The molecule has 0 atom stereocenters. The van der Waals surface area contributed by atoms with Crippen LogP contribution in [0.25, 0.3) is 0 Å². The molecule has 0 radical (unpaired) electrons. The molecule has 0 aliphatic heterocycles. The van der Waals surface area contributed by atoms with Gasteiger partial charge in [0, 0.05) is 1.43 Å². The Kier molecular flexibility index (Phi) is 117. The summed E-state index contributed by atoms with van der Waals surface area (Å²) in [6, 6.07) is 0. The second-order valence-corrected chi connectivity index (χ2v) is 0. The topological polar surface area (TPSA) is 0 Å². The van der Waals surface area contributed by atoms with E-state index in [9.17, 15) is 0 Å². The van der Waals surface area contributed by atoms with Gasteiger partial charge in [0.25, 0.3) is 0 Å². The van der Waals surface area contributed by atoms with Crippen LogP contribution >= 0.6 is 12.4 Å². The minimum Gasteiger partial charge on any atom is -0.147 e. The van der Waals surface area contributed by atoms with E-state index in [1.165, 1.54) is 0 Å². The smallest absolute Gasteiger partial charge is 0.147 e. The van der Waals surface area contributed by atoms with Crippen molar-refractivity contribution >= 4 is 47.1 Å². The predicted molar refractivity (Wildman–Crippen MR) is 25.1 cm³/mol. The van der Waals surface area contributed by atoms with Crippen LogP contribution in [0.4, 0.5) is 0 Å². The van der Waals surface area contributed by atoms with Gasteiger partial charge in [-0.2, -0.15) is 0 Å². The Morgan fingerprint density at radius 1 is 1.25 bits per heavy atom. The Hall–Kier alpha value is 2.99. The summed E-state index contributed by atoms with van der Waals surface area (Å²) in [5.74, 6) is 0. The van der Waals surface area contributed by atoms with Crippen LogP contribution in [0.2, 0.25) is 0 Å². The van der Waals surface area contributed by atoms with Crippen molar-refractivity contribution < 1.29 is 52.8 Å². The number of halogens is 1. The Balaban J connectivity index is 0. The minimum atomic E-state index is 0. The average molecular weight is 135 g/mol. The summed E-state index contributed by atoms with van der Waals surface area (Å²) in [6.07, 6.45) is 0. The van der Waals surface area contributed by atoms with Crippen LogP contribution in [0.15, 0.2) is 0 Å². The van der Waals surface area contributed by atoms with Crippen molar-refractivity contribution in [2.75, 3.05) is 0 Å². The zero-order valence-electron chi connectivity index (χ0n) is 1.99. The largest absolute Gasteiger partial charge is 3.00 e. The number of hydrogen-bond acceptors (Lipinski definition) is 0. The Morgan fingerprint density at radius 3 is 1.25 bits per heavy atom. The number of rotatable bonds is 0. The normalized spacial score (nSPS) is 0. The van der Waals surface area contributed by atoms with Crippen LogP contribution < -0.4 is 51.4 Å². The van der Waals surface area contributed by atoms with Crippen molar-refractivity contribution in [3.05, 3.63) is 0 Å². The van der Waals surface area contributed by atoms with Crippen LogP contribution in [-0.2, 0) is 0 Å². The Morgan fingerprint density at radius 2 is 1.25 bits per heavy atom. The van der Waals surface area contributed by atoms with E-state index < -0.39 is 0 Å². The van der Waals surface area contributed by atoms with Crippen molar-refractivity contribution in [3.8, 4) is 0 Å². The maximum Gasteiger partial charge on any atom is 3.00 e. The van der Waals surface area contributed by atoms with Gasteiger partial charge in [0.05, 0.1) is 0 Å². The van der Waals surface area contributed by atoms with Crippen LogP contribution in [-0.4, -0.2) is 34.7 Å². The molecule has 0 aromatic rings. The quantitative estimate of drug-likeness (QED) is 0.297. The molecule has 0 nitrogen and oxygen atoms in total. The second-order valence-electron chi connectivity index (χ2n) is 0. The molecule has 0 unspecified atom stereocenters. The molecule has 4 heteroatoms. The van der Waals surface area contributed by atoms with Gasteiger partial charge in [0.2, 0.25) is 0 Å². The van der Waals surface area contributed by atoms with Gasteiger partial charge in [-0.25, -0.2) is 0 Å². The monoisotopic (exact) mass is 134 g/mol. The molecule has 0 heterocycles. The van der Waals surface area contributed by atoms with E-state index in [0.29, 0.717) is 0 Å². The first-order valence-electron chi connectivity index (χ1n) is 0. The van der Waals surface area contributed by atoms with Crippen LogP contribution in [0, 0.1) is 0 Å². The molecule has 0 aromatic carbocycles. The van der Waals surface area contributed by atoms with E-state index in [4.69, 9.17) is 0 Å². The molecule has 0 N–H and O–H groups in total. The van der Waals surface area contributed by atoms with Gasteiger partial charge in [-0.05, 0) is 0 Å². The molecule has 0 saturated carbocycles. The van der Waals surface area contributed by atoms with E-state index in [2.05, 4.69) is 0 Å². The molecular formula is H6Al2ClK+4. The van der Waals surface area contributed by atoms with Gasteiger partial charge in [-0.15, -0.1) is 12.4 Å². The molecule has 0 amide bonds. The fraction of sp³-hybridized carbons (Fsp3) is 0. The zero-order valence-corrected chi connectivity index (χ0v) is 7.08. The molecule has 4 heavy (non-hydrogen) atoms. The molecule has 0 fully saturated rings. The number of hydrogen-bond donors (Lipinski definition) is 0. The zero-order chi connectivity index (χ0) is 0. The van der Waals surface area contributed by atoms with Gasteiger partial charge in [-0.1, -0.05) is 0 Å². The molecule has 16 valence electrons. The molecule has 0 bridgehead atoms. The van der Waals surface area contributed by atoms with Gasteiger partial charge < -0.3 is 0 Å². The molecule has 0 aliphatic rings. The van der Waals surface area contributed by atoms with Gasteiger partial charge >= 0.3 is 68.7 Å². The minimum absolute atomic E-state index is 0. The Bertz CT molecular complexity index is 9.61. The maximum atomic E-state index is 0. The van der Waals surface area contributed by atoms with Crippen molar-refractivity contribution in [2.45, 2.75) is 0 Å². The molecule has 0 rings (SSSR count). The van der Waals surface area contributed by atoms with E-state index in [-0.39, 0.29) is 99.9 Å². The third kappa shape index (κ3) is 8.89. The summed E-state index contributed by atoms with van der Waals surface area (Å²) in [7, 11) is 0. The summed E-state index contributed by atoms with van der Waals surface area (Å²) in [6.45, 7) is 0. The maximum absolute atomic E-state index is 0. The van der Waals surface area contributed by atoms with Gasteiger partial charge in [0.1, 0.15) is 0 Å². The first kappa shape index (κ1) is 28.0. The fourth-order valence-corrected chi connectivity index (χ4v) is 0. The summed E-state index contributed by atoms with van der Waals surface area (Å²) >= 11 is 0. The van der Waals surface area contributed by atoms with Crippen LogP contribution in [0.5, 0.6) is 0 Å². The molecular weight excluding hydrogens is 129 g/mol. The summed E-state index contributed by atoms with van der Waals surface area (Å²) in [5, 5.41) is 0. The first-order chi connectivity index (χ1) is 0. The molecule has 0 saturated heterocycles. The van der Waals surface area contributed by atoms with Gasteiger partial charge in [-0.3, -0.25) is 0 Å².